The topological polar surface area (TPSA) is 53.4 Å². The van der Waals surface area contributed by atoms with Crippen molar-refractivity contribution in [2.24, 2.45) is 11.8 Å². The van der Waals surface area contributed by atoms with Gasteiger partial charge in [-0.25, -0.2) is 9.78 Å². The summed E-state index contributed by atoms with van der Waals surface area (Å²) in [5, 5.41) is 8.88. The van der Waals surface area contributed by atoms with Crippen molar-refractivity contribution in [1.82, 2.24) is 4.98 Å². The first-order valence-electron chi connectivity index (χ1n) is 5.52. The van der Waals surface area contributed by atoms with Gasteiger partial charge in [0.15, 0.2) is 0 Å². The van der Waals surface area contributed by atoms with Gasteiger partial charge >= 0.3 is 5.97 Å². The Morgan fingerprint density at radius 2 is 2.06 bits per heavy atom. The van der Waals surface area contributed by atoms with E-state index in [0.29, 0.717) is 11.8 Å². The molecule has 1 aromatic rings. The highest BCUT2D eigenvalue weighted by atomic mass is 16.4. The van der Waals surface area contributed by atoms with Crippen molar-refractivity contribution >= 4 is 11.7 Å². The van der Waals surface area contributed by atoms with Gasteiger partial charge in [0.2, 0.25) is 0 Å². The molecule has 2 heterocycles. The number of nitrogens with zero attached hydrogens (tertiary/aromatic N) is 2. The Balaban J connectivity index is 2.21. The maximum Gasteiger partial charge on any atom is 0.354 e. The molecule has 1 aromatic heterocycles. The van der Waals surface area contributed by atoms with Crippen LogP contribution in [0.25, 0.3) is 0 Å². The van der Waals surface area contributed by atoms with Crippen molar-refractivity contribution in [2.75, 3.05) is 18.0 Å². The summed E-state index contributed by atoms with van der Waals surface area (Å²) in [6.45, 7) is 6.43. The summed E-state index contributed by atoms with van der Waals surface area (Å²) in [4.78, 5) is 16.9. The lowest BCUT2D eigenvalue weighted by Gasteiger charge is -2.18. The van der Waals surface area contributed by atoms with Crippen molar-refractivity contribution in [3.8, 4) is 0 Å². The second kappa shape index (κ2) is 4.12. The van der Waals surface area contributed by atoms with Gasteiger partial charge in [-0.1, -0.05) is 13.8 Å². The zero-order valence-corrected chi connectivity index (χ0v) is 9.55. The molecule has 2 atom stereocenters. The van der Waals surface area contributed by atoms with Crippen LogP contribution in [0.2, 0.25) is 0 Å². The summed E-state index contributed by atoms with van der Waals surface area (Å²) >= 11 is 0. The number of carboxylic acids is 1. The average molecular weight is 220 g/mol. The molecule has 1 saturated heterocycles. The number of aromatic carboxylic acids is 1. The molecule has 2 unspecified atom stereocenters. The van der Waals surface area contributed by atoms with Gasteiger partial charge in [0.1, 0.15) is 5.69 Å². The predicted octanol–water partition coefficient (Wildman–Crippen LogP) is 1.87. The molecular weight excluding hydrogens is 204 g/mol. The molecule has 0 saturated carbocycles. The zero-order valence-electron chi connectivity index (χ0n) is 9.55. The van der Waals surface area contributed by atoms with E-state index in [1.807, 2.05) is 6.07 Å². The van der Waals surface area contributed by atoms with Crippen LogP contribution in [0, 0.1) is 11.8 Å². The molecule has 1 aliphatic heterocycles. The van der Waals surface area contributed by atoms with Gasteiger partial charge in [-0.05, 0) is 24.0 Å². The van der Waals surface area contributed by atoms with Crippen molar-refractivity contribution in [1.29, 1.82) is 0 Å². The molecule has 4 heteroatoms. The quantitative estimate of drug-likeness (QED) is 0.826. The van der Waals surface area contributed by atoms with E-state index < -0.39 is 5.97 Å². The van der Waals surface area contributed by atoms with Gasteiger partial charge < -0.3 is 10.0 Å². The van der Waals surface area contributed by atoms with Crippen molar-refractivity contribution in [3.05, 3.63) is 24.0 Å². The Labute approximate surface area is 94.9 Å². The van der Waals surface area contributed by atoms with Gasteiger partial charge in [0.05, 0.1) is 0 Å². The van der Waals surface area contributed by atoms with Crippen LogP contribution in [0.15, 0.2) is 18.3 Å². The number of rotatable bonds is 2. The van der Waals surface area contributed by atoms with Crippen LogP contribution in [-0.4, -0.2) is 29.1 Å². The molecule has 1 aliphatic rings. The Morgan fingerprint density at radius 1 is 1.44 bits per heavy atom. The molecule has 0 amide bonds. The second-order valence-corrected chi connectivity index (χ2v) is 4.56. The molecule has 86 valence electrons. The van der Waals surface area contributed by atoms with Gasteiger partial charge in [0, 0.05) is 25.0 Å². The Hall–Kier alpha value is -1.58. The lowest BCUT2D eigenvalue weighted by molar-refractivity contribution is 0.0690. The fourth-order valence-electron chi connectivity index (χ4n) is 2.07. The van der Waals surface area contributed by atoms with Gasteiger partial charge in [0.25, 0.3) is 0 Å². The molecule has 0 aliphatic carbocycles. The molecule has 16 heavy (non-hydrogen) atoms. The SMILES string of the molecule is CC1CN(c2ccnc(C(=O)O)c2)CC1C. The maximum atomic E-state index is 10.8. The zero-order chi connectivity index (χ0) is 11.7. The molecule has 1 N–H and O–H groups in total. The molecular formula is C12H16N2O2. The van der Waals surface area contributed by atoms with Crippen LogP contribution in [0.5, 0.6) is 0 Å². The van der Waals surface area contributed by atoms with Crippen molar-refractivity contribution in [3.63, 3.8) is 0 Å². The number of carbonyl (C=O) groups is 1. The van der Waals surface area contributed by atoms with Crippen molar-refractivity contribution in [2.45, 2.75) is 13.8 Å². The van der Waals surface area contributed by atoms with Crippen LogP contribution in [-0.2, 0) is 0 Å². The summed E-state index contributed by atoms with van der Waals surface area (Å²) in [6, 6.07) is 3.52. The number of anilines is 1. The van der Waals surface area contributed by atoms with E-state index in [-0.39, 0.29) is 5.69 Å². The number of carboxylic acid groups (broad SMARTS) is 1. The molecule has 4 nitrogen and oxygen atoms in total. The van der Waals surface area contributed by atoms with Crippen molar-refractivity contribution < 1.29 is 9.90 Å². The molecule has 0 spiro atoms. The number of hydrogen-bond acceptors (Lipinski definition) is 3. The van der Waals surface area contributed by atoms with E-state index in [0.717, 1.165) is 18.8 Å². The Morgan fingerprint density at radius 3 is 2.62 bits per heavy atom. The highest BCUT2D eigenvalue weighted by Crippen LogP contribution is 2.27. The molecule has 0 aromatic carbocycles. The van der Waals surface area contributed by atoms with Crippen LogP contribution in [0.3, 0.4) is 0 Å². The van der Waals surface area contributed by atoms with Crippen LogP contribution >= 0.6 is 0 Å². The average Bonchev–Trinajstić information content (AvgIpc) is 2.59. The first-order valence-corrected chi connectivity index (χ1v) is 5.52. The van der Waals surface area contributed by atoms with E-state index >= 15 is 0 Å². The third-order valence-electron chi connectivity index (χ3n) is 3.32. The highest BCUT2D eigenvalue weighted by Gasteiger charge is 2.26. The number of aromatic nitrogens is 1. The summed E-state index contributed by atoms with van der Waals surface area (Å²) in [5.74, 6) is 0.338. The van der Waals surface area contributed by atoms with Crippen LogP contribution in [0.4, 0.5) is 5.69 Å². The standard InChI is InChI=1S/C12H16N2O2/c1-8-6-14(7-9(8)2)10-3-4-13-11(5-10)12(15)16/h3-5,8-9H,6-7H2,1-2H3,(H,15,16). The van der Waals surface area contributed by atoms with E-state index in [9.17, 15) is 4.79 Å². The summed E-state index contributed by atoms with van der Waals surface area (Å²) in [7, 11) is 0. The van der Waals surface area contributed by atoms with E-state index in [2.05, 4.69) is 23.7 Å². The van der Waals surface area contributed by atoms with E-state index in [4.69, 9.17) is 5.11 Å². The van der Waals surface area contributed by atoms with Gasteiger partial charge in [-0.15, -0.1) is 0 Å². The summed E-state index contributed by atoms with van der Waals surface area (Å²) in [5.41, 5.74) is 1.08. The fourth-order valence-corrected chi connectivity index (χ4v) is 2.07. The minimum atomic E-state index is -0.970. The normalized spacial score (nSPS) is 24.8. The first kappa shape index (κ1) is 10.9. The monoisotopic (exact) mass is 220 g/mol. The predicted molar refractivity (Wildman–Crippen MR) is 61.7 cm³/mol. The van der Waals surface area contributed by atoms with Gasteiger partial charge in [-0.2, -0.15) is 0 Å². The lowest BCUT2D eigenvalue weighted by atomic mass is 10.0. The molecule has 1 fully saturated rings. The third kappa shape index (κ3) is 2.01. The highest BCUT2D eigenvalue weighted by molar-refractivity contribution is 5.86. The maximum absolute atomic E-state index is 10.8. The second-order valence-electron chi connectivity index (χ2n) is 4.56. The number of hydrogen-bond donors (Lipinski definition) is 1. The minimum Gasteiger partial charge on any atom is -0.477 e. The fraction of sp³-hybridized carbons (Fsp3) is 0.500. The lowest BCUT2D eigenvalue weighted by Crippen LogP contribution is -2.20. The third-order valence-corrected chi connectivity index (χ3v) is 3.32. The van der Waals surface area contributed by atoms with Crippen LogP contribution < -0.4 is 4.90 Å². The van der Waals surface area contributed by atoms with Gasteiger partial charge in [-0.3, -0.25) is 0 Å². The molecule has 0 radical (unpaired) electrons. The smallest absolute Gasteiger partial charge is 0.354 e. The first-order chi connectivity index (χ1) is 7.58. The Bertz CT molecular complexity index is 396. The largest absolute Gasteiger partial charge is 0.477 e. The minimum absolute atomic E-state index is 0.115. The molecule has 2 rings (SSSR count). The van der Waals surface area contributed by atoms with E-state index in [1.165, 1.54) is 0 Å². The van der Waals surface area contributed by atoms with E-state index in [1.54, 1.807) is 12.3 Å². The van der Waals surface area contributed by atoms with Crippen LogP contribution in [0.1, 0.15) is 24.3 Å². The Kier molecular flexibility index (Phi) is 2.81. The molecule has 0 bridgehead atoms. The summed E-state index contributed by atoms with van der Waals surface area (Å²) < 4.78 is 0. The summed E-state index contributed by atoms with van der Waals surface area (Å²) in [6.07, 6.45) is 1.56. The number of pyridine rings is 1.